The van der Waals surface area contributed by atoms with Crippen LogP contribution in [0.1, 0.15) is 37.2 Å². The van der Waals surface area contributed by atoms with Gasteiger partial charge in [-0.25, -0.2) is 13.1 Å². The van der Waals surface area contributed by atoms with Gasteiger partial charge in [-0.2, -0.15) is 9.40 Å². The summed E-state index contributed by atoms with van der Waals surface area (Å²) < 4.78 is 28.5. The fourth-order valence-electron chi connectivity index (χ4n) is 4.29. The number of nitrogens with one attached hydrogen (secondary N) is 1. The van der Waals surface area contributed by atoms with E-state index >= 15 is 0 Å². The molecule has 0 unspecified atom stereocenters. The molecule has 0 atom stereocenters. The Kier molecular flexibility index (Phi) is 7.13. The van der Waals surface area contributed by atoms with Crippen LogP contribution in [0.4, 0.5) is 0 Å². The van der Waals surface area contributed by atoms with E-state index in [1.165, 1.54) is 8.99 Å². The Hall–Kier alpha value is -3.04. The van der Waals surface area contributed by atoms with Gasteiger partial charge in [0.05, 0.1) is 10.3 Å². The lowest BCUT2D eigenvalue weighted by molar-refractivity contribution is 0.0935. The number of sulfonamides is 1. The molecule has 1 amide bonds. The van der Waals surface area contributed by atoms with Gasteiger partial charge in [-0.05, 0) is 42.9 Å². The number of aromatic nitrogens is 2. The van der Waals surface area contributed by atoms with E-state index in [1.54, 1.807) is 54.6 Å². The van der Waals surface area contributed by atoms with Gasteiger partial charge in [-0.1, -0.05) is 50.2 Å². The van der Waals surface area contributed by atoms with Gasteiger partial charge < -0.3 is 5.32 Å². The molecule has 0 saturated carbocycles. The molecule has 4 rings (SSSR count). The van der Waals surface area contributed by atoms with E-state index in [-0.39, 0.29) is 29.0 Å². The molecular weight excluding hydrogens is 452 g/mol. The summed E-state index contributed by atoms with van der Waals surface area (Å²) in [5.74, 6) is 0.0478. The van der Waals surface area contributed by atoms with E-state index in [4.69, 9.17) is 0 Å². The van der Waals surface area contributed by atoms with Gasteiger partial charge in [-0.3, -0.25) is 9.59 Å². The summed E-state index contributed by atoms with van der Waals surface area (Å²) in [4.78, 5) is 26.1. The van der Waals surface area contributed by atoms with Crippen molar-refractivity contribution in [1.29, 1.82) is 0 Å². The third kappa shape index (κ3) is 5.05. The fourth-order valence-corrected chi connectivity index (χ4v) is 5.78. The van der Waals surface area contributed by atoms with E-state index < -0.39 is 10.0 Å². The molecule has 1 aliphatic rings. The van der Waals surface area contributed by atoms with Crippen molar-refractivity contribution < 1.29 is 13.2 Å². The molecule has 0 spiro atoms. The van der Waals surface area contributed by atoms with Crippen LogP contribution < -0.4 is 10.9 Å². The summed E-state index contributed by atoms with van der Waals surface area (Å²) in [5.41, 5.74) is 0.0350. The maximum Gasteiger partial charge on any atom is 0.274 e. The van der Waals surface area contributed by atoms with Crippen LogP contribution >= 0.6 is 0 Å². The lowest BCUT2D eigenvalue weighted by atomic mass is 9.98. The standard InChI is InChI=1S/C25H30N4O4S/c1-18(2)17-29-25(31)22-11-7-6-10-21(22)23(27-29)24(30)26-16-19-12-14-28(15-13-19)34(32,33)20-8-4-3-5-9-20/h3-11,18-19H,12-17H2,1-2H3,(H,26,30). The summed E-state index contributed by atoms with van der Waals surface area (Å²) in [6, 6.07) is 15.5. The summed E-state index contributed by atoms with van der Waals surface area (Å²) in [6.45, 7) is 5.67. The molecule has 1 fully saturated rings. The van der Waals surface area contributed by atoms with Gasteiger partial charge in [0.15, 0.2) is 5.69 Å². The molecule has 0 bridgehead atoms. The number of rotatable bonds is 7. The van der Waals surface area contributed by atoms with Crippen LogP contribution in [0.25, 0.3) is 10.8 Å². The number of amides is 1. The average molecular weight is 483 g/mol. The molecule has 180 valence electrons. The van der Waals surface area contributed by atoms with Crippen LogP contribution in [-0.4, -0.2) is 48.0 Å². The Morgan fingerprint density at radius 2 is 1.65 bits per heavy atom. The first-order valence-corrected chi connectivity index (χ1v) is 13.0. The van der Waals surface area contributed by atoms with Gasteiger partial charge in [0.25, 0.3) is 11.5 Å². The van der Waals surface area contributed by atoms with Crippen molar-refractivity contribution >= 4 is 26.7 Å². The summed E-state index contributed by atoms with van der Waals surface area (Å²) in [5, 5.41) is 8.36. The van der Waals surface area contributed by atoms with Gasteiger partial charge in [-0.15, -0.1) is 0 Å². The molecule has 2 heterocycles. The van der Waals surface area contributed by atoms with Crippen molar-refractivity contribution in [2.45, 2.75) is 38.1 Å². The van der Waals surface area contributed by atoms with E-state index in [0.717, 1.165) is 0 Å². The van der Waals surface area contributed by atoms with Crippen molar-refractivity contribution in [1.82, 2.24) is 19.4 Å². The second kappa shape index (κ2) is 10.1. The van der Waals surface area contributed by atoms with Crippen molar-refractivity contribution in [3.8, 4) is 0 Å². The molecular formula is C25H30N4O4S. The zero-order valence-electron chi connectivity index (χ0n) is 19.5. The number of nitrogens with zero attached hydrogens (tertiary/aromatic N) is 3. The van der Waals surface area contributed by atoms with Gasteiger partial charge in [0.1, 0.15) is 0 Å². The van der Waals surface area contributed by atoms with E-state index in [9.17, 15) is 18.0 Å². The number of carbonyl (C=O) groups excluding carboxylic acids is 1. The molecule has 0 aliphatic carbocycles. The minimum Gasteiger partial charge on any atom is -0.350 e. The van der Waals surface area contributed by atoms with Crippen LogP contribution in [0.2, 0.25) is 0 Å². The molecule has 8 nitrogen and oxygen atoms in total. The second-order valence-corrected chi connectivity index (χ2v) is 11.1. The largest absolute Gasteiger partial charge is 0.350 e. The zero-order chi connectivity index (χ0) is 24.3. The Balaban J connectivity index is 1.43. The van der Waals surface area contributed by atoms with Crippen molar-refractivity contribution in [2.24, 2.45) is 11.8 Å². The number of hydrogen-bond acceptors (Lipinski definition) is 5. The molecule has 1 aromatic heterocycles. The number of piperidine rings is 1. The van der Waals surface area contributed by atoms with Crippen LogP contribution in [0.3, 0.4) is 0 Å². The summed E-state index contributed by atoms with van der Waals surface area (Å²) in [6.07, 6.45) is 1.32. The maximum atomic E-state index is 13.1. The Labute approximate surface area is 199 Å². The van der Waals surface area contributed by atoms with Gasteiger partial charge in [0, 0.05) is 31.6 Å². The van der Waals surface area contributed by atoms with Gasteiger partial charge >= 0.3 is 0 Å². The SMILES string of the molecule is CC(C)Cn1nc(C(=O)NCC2CCN(S(=O)(=O)c3ccccc3)CC2)c2ccccc2c1=O. The molecule has 3 aromatic rings. The Morgan fingerprint density at radius 3 is 2.29 bits per heavy atom. The average Bonchev–Trinajstić information content (AvgIpc) is 2.85. The highest BCUT2D eigenvalue weighted by molar-refractivity contribution is 7.89. The van der Waals surface area contributed by atoms with Crippen LogP contribution in [0, 0.1) is 11.8 Å². The smallest absolute Gasteiger partial charge is 0.274 e. The third-order valence-electron chi connectivity index (χ3n) is 6.13. The van der Waals surface area contributed by atoms with E-state index in [1.807, 2.05) is 13.8 Å². The van der Waals surface area contributed by atoms with Crippen molar-refractivity contribution in [2.75, 3.05) is 19.6 Å². The molecule has 1 aliphatic heterocycles. The fraction of sp³-hybridized carbons (Fsp3) is 0.400. The molecule has 0 radical (unpaired) electrons. The normalized spacial score (nSPS) is 15.6. The highest BCUT2D eigenvalue weighted by Gasteiger charge is 2.29. The van der Waals surface area contributed by atoms with Gasteiger partial charge in [0.2, 0.25) is 10.0 Å². The predicted molar refractivity (Wildman–Crippen MR) is 131 cm³/mol. The molecule has 9 heteroatoms. The minimum absolute atomic E-state index is 0.166. The van der Waals surface area contributed by atoms with Crippen LogP contribution in [0.5, 0.6) is 0 Å². The first kappa shape index (κ1) is 24.1. The third-order valence-corrected chi connectivity index (χ3v) is 8.04. The topological polar surface area (TPSA) is 101 Å². The van der Waals surface area contributed by atoms with Crippen LogP contribution in [0.15, 0.2) is 64.3 Å². The first-order valence-electron chi connectivity index (χ1n) is 11.6. The minimum atomic E-state index is -3.50. The quantitative estimate of drug-likeness (QED) is 0.558. The number of fused-ring (bicyclic) bond motifs is 1. The van der Waals surface area contributed by atoms with Crippen molar-refractivity contribution in [3.05, 3.63) is 70.6 Å². The molecule has 1 N–H and O–H groups in total. The monoisotopic (exact) mass is 482 g/mol. The highest BCUT2D eigenvalue weighted by Crippen LogP contribution is 2.23. The lowest BCUT2D eigenvalue weighted by Crippen LogP contribution is -2.41. The summed E-state index contributed by atoms with van der Waals surface area (Å²) >= 11 is 0. The Bertz CT molecular complexity index is 1330. The first-order chi connectivity index (χ1) is 16.3. The predicted octanol–water partition coefficient (Wildman–Crippen LogP) is 2.88. The van der Waals surface area contributed by atoms with E-state index in [2.05, 4.69) is 10.4 Å². The van der Waals surface area contributed by atoms with Crippen molar-refractivity contribution in [3.63, 3.8) is 0 Å². The van der Waals surface area contributed by atoms with E-state index in [0.29, 0.717) is 54.7 Å². The number of carbonyl (C=O) groups is 1. The Morgan fingerprint density at radius 1 is 1.03 bits per heavy atom. The zero-order valence-corrected chi connectivity index (χ0v) is 20.3. The molecule has 1 saturated heterocycles. The maximum absolute atomic E-state index is 13.1. The summed E-state index contributed by atoms with van der Waals surface area (Å²) in [7, 11) is -3.50. The lowest BCUT2D eigenvalue weighted by Gasteiger charge is -2.31. The highest BCUT2D eigenvalue weighted by atomic mass is 32.2. The number of hydrogen-bond donors (Lipinski definition) is 1. The number of benzene rings is 2. The molecule has 34 heavy (non-hydrogen) atoms. The second-order valence-electron chi connectivity index (χ2n) is 9.15. The van der Waals surface area contributed by atoms with Crippen LogP contribution in [-0.2, 0) is 16.6 Å². The molecule has 2 aromatic carbocycles.